The van der Waals surface area contributed by atoms with Gasteiger partial charge in [-0.25, -0.2) is 0 Å². The Morgan fingerprint density at radius 1 is 0.900 bits per heavy atom. The van der Waals surface area contributed by atoms with E-state index in [2.05, 4.69) is 5.32 Å². The molecule has 0 unspecified atom stereocenters. The van der Waals surface area contributed by atoms with E-state index in [-0.39, 0.29) is 30.7 Å². The summed E-state index contributed by atoms with van der Waals surface area (Å²) in [5.41, 5.74) is 1.12. The Morgan fingerprint density at radius 3 is 2.40 bits per heavy atom. The van der Waals surface area contributed by atoms with E-state index >= 15 is 0 Å². The number of rotatable bonds is 5. The van der Waals surface area contributed by atoms with Crippen LogP contribution in [0.5, 0.6) is 0 Å². The molecular weight excluding hydrogens is 382 g/mol. The highest BCUT2D eigenvalue weighted by Gasteiger charge is 2.25. The van der Waals surface area contributed by atoms with Crippen LogP contribution >= 0.6 is 0 Å². The van der Waals surface area contributed by atoms with E-state index in [0.717, 1.165) is 10.8 Å². The molecule has 2 heterocycles. The number of piperazine rings is 1. The van der Waals surface area contributed by atoms with Gasteiger partial charge in [0, 0.05) is 44.7 Å². The second-order valence-corrected chi connectivity index (χ2v) is 7.22. The molecule has 1 aliphatic rings. The molecule has 7 nitrogen and oxygen atoms in total. The summed E-state index contributed by atoms with van der Waals surface area (Å²) in [5, 5.41) is 4.69. The summed E-state index contributed by atoms with van der Waals surface area (Å²) in [6.07, 6.45) is 3.02. The van der Waals surface area contributed by atoms with Gasteiger partial charge in [0.1, 0.15) is 6.26 Å². The van der Waals surface area contributed by atoms with E-state index in [4.69, 9.17) is 4.42 Å². The summed E-state index contributed by atoms with van der Waals surface area (Å²) in [6, 6.07) is 15.2. The van der Waals surface area contributed by atoms with Crippen molar-refractivity contribution in [2.75, 3.05) is 32.7 Å². The third kappa shape index (κ3) is 4.20. The van der Waals surface area contributed by atoms with Crippen molar-refractivity contribution in [3.8, 4) is 0 Å². The molecule has 0 saturated carbocycles. The van der Waals surface area contributed by atoms with Crippen LogP contribution in [0.25, 0.3) is 10.8 Å². The van der Waals surface area contributed by atoms with Crippen molar-refractivity contribution in [2.24, 2.45) is 0 Å². The highest BCUT2D eigenvalue weighted by Crippen LogP contribution is 2.20. The minimum absolute atomic E-state index is 0.00808. The van der Waals surface area contributed by atoms with Gasteiger partial charge in [0.15, 0.2) is 0 Å². The van der Waals surface area contributed by atoms with Crippen LogP contribution in [0.1, 0.15) is 27.1 Å². The first-order valence-corrected chi connectivity index (χ1v) is 9.99. The van der Waals surface area contributed by atoms with Gasteiger partial charge in [-0.3, -0.25) is 14.4 Å². The lowest BCUT2D eigenvalue weighted by Gasteiger charge is -2.35. The average Bonchev–Trinajstić information content (AvgIpc) is 3.33. The second-order valence-electron chi connectivity index (χ2n) is 7.22. The molecule has 3 aromatic rings. The topological polar surface area (TPSA) is 82.9 Å². The molecule has 1 aromatic heterocycles. The number of hydrogen-bond acceptors (Lipinski definition) is 4. The van der Waals surface area contributed by atoms with E-state index in [1.54, 1.807) is 15.9 Å². The largest absolute Gasteiger partial charge is 0.472 e. The lowest BCUT2D eigenvalue weighted by Crippen LogP contribution is -2.51. The number of fused-ring (bicyclic) bond motifs is 1. The second kappa shape index (κ2) is 8.82. The molecule has 0 atom stereocenters. The monoisotopic (exact) mass is 405 g/mol. The Balaban J connectivity index is 1.28. The maximum absolute atomic E-state index is 13.0. The van der Waals surface area contributed by atoms with Crippen molar-refractivity contribution < 1.29 is 18.8 Å². The Labute approximate surface area is 174 Å². The van der Waals surface area contributed by atoms with E-state index < -0.39 is 0 Å². The fraction of sp³-hybridized carbons (Fsp3) is 0.261. The minimum Gasteiger partial charge on any atom is -0.472 e. The Bertz CT molecular complexity index is 1050. The molecule has 1 saturated heterocycles. The van der Waals surface area contributed by atoms with Crippen molar-refractivity contribution >= 4 is 28.5 Å². The molecule has 7 heteroatoms. The predicted molar refractivity (Wildman–Crippen MR) is 112 cm³/mol. The fourth-order valence-corrected chi connectivity index (χ4v) is 3.68. The zero-order chi connectivity index (χ0) is 20.9. The van der Waals surface area contributed by atoms with Gasteiger partial charge >= 0.3 is 0 Å². The zero-order valence-corrected chi connectivity index (χ0v) is 16.5. The summed E-state index contributed by atoms with van der Waals surface area (Å²) >= 11 is 0. The van der Waals surface area contributed by atoms with Gasteiger partial charge in [-0.1, -0.05) is 36.4 Å². The molecular formula is C23H23N3O4. The zero-order valence-electron chi connectivity index (χ0n) is 16.5. The van der Waals surface area contributed by atoms with Crippen LogP contribution in [0.15, 0.2) is 65.5 Å². The summed E-state index contributed by atoms with van der Waals surface area (Å²) in [6.45, 7) is 2.23. The van der Waals surface area contributed by atoms with Crippen LogP contribution in [0, 0.1) is 0 Å². The highest BCUT2D eigenvalue weighted by atomic mass is 16.3. The molecule has 0 spiro atoms. The quantitative estimate of drug-likeness (QED) is 0.707. The summed E-state index contributed by atoms with van der Waals surface area (Å²) in [7, 11) is 0. The number of carbonyl (C=O) groups is 3. The van der Waals surface area contributed by atoms with Crippen LogP contribution in [-0.2, 0) is 4.79 Å². The number of nitrogens with zero attached hydrogens (tertiary/aromatic N) is 2. The molecule has 2 aromatic carbocycles. The number of benzene rings is 2. The maximum Gasteiger partial charge on any atom is 0.254 e. The number of amides is 3. The molecule has 4 rings (SSSR count). The number of furan rings is 1. The van der Waals surface area contributed by atoms with Crippen molar-refractivity contribution in [2.45, 2.75) is 6.42 Å². The van der Waals surface area contributed by atoms with Gasteiger partial charge in [-0.05, 0) is 22.9 Å². The van der Waals surface area contributed by atoms with Crippen LogP contribution in [0.4, 0.5) is 0 Å². The van der Waals surface area contributed by atoms with Crippen molar-refractivity contribution in [1.29, 1.82) is 0 Å². The number of nitrogens with one attached hydrogen (secondary N) is 1. The molecule has 1 N–H and O–H groups in total. The molecule has 30 heavy (non-hydrogen) atoms. The van der Waals surface area contributed by atoms with Crippen molar-refractivity contribution in [3.63, 3.8) is 0 Å². The number of hydrogen-bond donors (Lipinski definition) is 1. The van der Waals surface area contributed by atoms with Gasteiger partial charge in [-0.15, -0.1) is 0 Å². The van der Waals surface area contributed by atoms with Crippen LogP contribution in [0.3, 0.4) is 0 Å². The van der Waals surface area contributed by atoms with Crippen molar-refractivity contribution in [3.05, 3.63) is 72.2 Å². The first kappa shape index (κ1) is 19.7. The van der Waals surface area contributed by atoms with Gasteiger partial charge < -0.3 is 19.5 Å². The fourth-order valence-electron chi connectivity index (χ4n) is 3.68. The van der Waals surface area contributed by atoms with Gasteiger partial charge in [0.2, 0.25) is 5.91 Å². The molecule has 1 aliphatic heterocycles. The first-order chi connectivity index (χ1) is 14.6. The predicted octanol–water partition coefficient (Wildman–Crippen LogP) is 2.54. The summed E-state index contributed by atoms with van der Waals surface area (Å²) < 4.78 is 4.87. The minimum atomic E-state index is -0.262. The highest BCUT2D eigenvalue weighted by molar-refractivity contribution is 6.07. The normalized spacial score (nSPS) is 14.0. The van der Waals surface area contributed by atoms with E-state index in [9.17, 15) is 14.4 Å². The van der Waals surface area contributed by atoms with Gasteiger partial charge in [0.25, 0.3) is 11.8 Å². The molecule has 0 bridgehead atoms. The van der Waals surface area contributed by atoms with Gasteiger partial charge in [0.05, 0.1) is 11.8 Å². The van der Waals surface area contributed by atoms with E-state index in [1.807, 2.05) is 42.5 Å². The summed E-state index contributed by atoms with van der Waals surface area (Å²) in [4.78, 5) is 40.9. The molecule has 154 valence electrons. The number of carbonyl (C=O) groups excluding carboxylic acids is 3. The Morgan fingerprint density at radius 2 is 1.63 bits per heavy atom. The summed E-state index contributed by atoms with van der Waals surface area (Å²) in [5.74, 6) is -0.298. The van der Waals surface area contributed by atoms with Crippen LogP contribution in [-0.4, -0.2) is 60.2 Å². The first-order valence-electron chi connectivity index (χ1n) is 9.99. The molecule has 0 radical (unpaired) electrons. The van der Waals surface area contributed by atoms with E-state index in [0.29, 0.717) is 37.3 Å². The third-order valence-electron chi connectivity index (χ3n) is 5.35. The smallest absolute Gasteiger partial charge is 0.254 e. The lowest BCUT2D eigenvalue weighted by atomic mass is 10.0. The third-order valence-corrected chi connectivity index (χ3v) is 5.35. The Hall–Kier alpha value is -3.61. The standard InChI is InChI=1S/C23H23N3O4/c27-21(8-10-24-22(28)18-9-15-30-16-18)25-11-13-26(14-12-25)23(29)20-7-3-5-17-4-1-2-6-19(17)20/h1-7,9,15-16H,8,10-14H2,(H,24,28). The van der Waals surface area contributed by atoms with E-state index in [1.165, 1.54) is 12.5 Å². The molecule has 1 fully saturated rings. The average molecular weight is 405 g/mol. The Kier molecular flexibility index (Phi) is 5.79. The van der Waals surface area contributed by atoms with Crippen LogP contribution < -0.4 is 5.32 Å². The molecule has 3 amide bonds. The van der Waals surface area contributed by atoms with Crippen molar-refractivity contribution in [1.82, 2.24) is 15.1 Å². The van der Waals surface area contributed by atoms with Crippen LogP contribution in [0.2, 0.25) is 0 Å². The lowest BCUT2D eigenvalue weighted by molar-refractivity contribution is -0.132. The SMILES string of the molecule is O=C(NCCC(=O)N1CCN(C(=O)c2cccc3ccccc23)CC1)c1ccoc1. The van der Waals surface area contributed by atoms with Gasteiger partial charge in [-0.2, -0.15) is 0 Å². The maximum atomic E-state index is 13.0. The molecule has 0 aliphatic carbocycles.